The molecule has 3 atom stereocenters. The fraction of sp³-hybridized carbons (Fsp3) is 0.385. The third kappa shape index (κ3) is 1.72. The fourth-order valence-corrected chi connectivity index (χ4v) is 2.52. The van der Waals surface area contributed by atoms with E-state index in [4.69, 9.17) is 14.6 Å². The number of carbonyl (C=O) groups excluding carboxylic acids is 1. The first kappa shape index (κ1) is 12.1. The quantitative estimate of drug-likeness (QED) is 0.823. The van der Waals surface area contributed by atoms with E-state index in [-0.39, 0.29) is 12.5 Å². The molecule has 2 aliphatic rings. The van der Waals surface area contributed by atoms with Crippen LogP contribution in [0.2, 0.25) is 0 Å². The zero-order valence-electron chi connectivity index (χ0n) is 10.3. The van der Waals surface area contributed by atoms with Gasteiger partial charge in [-0.3, -0.25) is 4.79 Å². The molecule has 0 aliphatic carbocycles. The van der Waals surface area contributed by atoms with Gasteiger partial charge in [-0.15, -0.1) is 0 Å². The van der Waals surface area contributed by atoms with Crippen LogP contribution in [0.15, 0.2) is 30.3 Å². The molecular formula is C13H13NO5. The number of likely N-dealkylation sites (N-methyl/N-ethyl adjacent to an activating group) is 1. The van der Waals surface area contributed by atoms with Crippen molar-refractivity contribution in [2.24, 2.45) is 0 Å². The number of morpholine rings is 1. The maximum atomic E-state index is 11.9. The number of amides is 1. The molecule has 1 amide bonds. The van der Waals surface area contributed by atoms with Gasteiger partial charge in [-0.05, 0) is 0 Å². The van der Waals surface area contributed by atoms with Crippen molar-refractivity contribution in [1.29, 1.82) is 0 Å². The van der Waals surface area contributed by atoms with E-state index in [1.54, 1.807) is 19.2 Å². The van der Waals surface area contributed by atoms with E-state index in [0.29, 0.717) is 5.56 Å². The van der Waals surface area contributed by atoms with Crippen LogP contribution in [0.1, 0.15) is 5.56 Å². The minimum Gasteiger partial charge on any atom is -0.479 e. The van der Waals surface area contributed by atoms with Crippen LogP contribution in [0.3, 0.4) is 0 Å². The molecular weight excluding hydrogens is 250 g/mol. The summed E-state index contributed by atoms with van der Waals surface area (Å²) < 4.78 is 11.2. The summed E-state index contributed by atoms with van der Waals surface area (Å²) in [6.45, 7) is 0.177. The molecule has 2 bridgehead atoms. The average molecular weight is 263 g/mol. The van der Waals surface area contributed by atoms with Crippen LogP contribution in [-0.2, 0) is 24.8 Å². The van der Waals surface area contributed by atoms with Crippen molar-refractivity contribution < 1.29 is 24.2 Å². The van der Waals surface area contributed by atoms with Gasteiger partial charge < -0.3 is 19.5 Å². The van der Waals surface area contributed by atoms with E-state index in [9.17, 15) is 9.59 Å². The van der Waals surface area contributed by atoms with Gasteiger partial charge in [-0.2, -0.15) is 0 Å². The molecule has 6 heteroatoms. The van der Waals surface area contributed by atoms with Crippen molar-refractivity contribution in [3.8, 4) is 0 Å². The van der Waals surface area contributed by atoms with Crippen LogP contribution in [0.4, 0.5) is 0 Å². The summed E-state index contributed by atoms with van der Waals surface area (Å²) in [4.78, 5) is 24.6. The highest BCUT2D eigenvalue weighted by molar-refractivity contribution is 5.89. The Kier molecular flexibility index (Phi) is 2.58. The molecule has 1 N–H and O–H groups in total. The predicted octanol–water partition coefficient (Wildman–Crippen LogP) is 0.180. The molecule has 19 heavy (non-hydrogen) atoms. The van der Waals surface area contributed by atoms with Crippen molar-refractivity contribution >= 4 is 11.9 Å². The Bertz CT molecular complexity index is 531. The van der Waals surface area contributed by atoms with Crippen molar-refractivity contribution in [2.75, 3.05) is 13.6 Å². The highest BCUT2D eigenvalue weighted by atomic mass is 16.8. The molecule has 6 nitrogen and oxygen atoms in total. The van der Waals surface area contributed by atoms with E-state index in [1.807, 2.05) is 18.2 Å². The monoisotopic (exact) mass is 263 g/mol. The minimum absolute atomic E-state index is 0.177. The SMILES string of the molecule is CN1CC2(c3ccccc3)OC(C(=O)O)C(O2)C1=O. The van der Waals surface area contributed by atoms with Gasteiger partial charge in [0.05, 0.1) is 6.54 Å². The minimum atomic E-state index is -1.27. The van der Waals surface area contributed by atoms with E-state index in [2.05, 4.69) is 0 Å². The molecule has 1 aromatic rings. The third-order valence-corrected chi connectivity index (χ3v) is 3.43. The van der Waals surface area contributed by atoms with Gasteiger partial charge in [0, 0.05) is 12.6 Å². The van der Waals surface area contributed by atoms with Crippen LogP contribution in [0, 0.1) is 0 Å². The standard InChI is InChI=1S/C13H13NO5/c1-14-7-13(8-5-3-2-4-6-8)18-9(11(14)15)10(19-13)12(16)17/h2-6,9-10H,7H2,1H3,(H,16,17). The number of aliphatic carboxylic acids is 1. The molecule has 2 saturated heterocycles. The van der Waals surface area contributed by atoms with Crippen molar-refractivity contribution in [1.82, 2.24) is 4.90 Å². The topological polar surface area (TPSA) is 76.1 Å². The first-order chi connectivity index (χ1) is 9.03. The maximum absolute atomic E-state index is 11.9. The Labute approximate surface area is 109 Å². The average Bonchev–Trinajstić information content (AvgIpc) is 2.75. The van der Waals surface area contributed by atoms with Crippen LogP contribution in [0.25, 0.3) is 0 Å². The number of carboxylic acid groups (broad SMARTS) is 1. The second kappa shape index (κ2) is 4.04. The number of hydrogen-bond donors (Lipinski definition) is 1. The number of carbonyl (C=O) groups is 2. The van der Waals surface area contributed by atoms with Gasteiger partial charge in [-0.25, -0.2) is 4.79 Å². The Hall–Kier alpha value is -1.92. The Morgan fingerprint density at radius 3 is 2.68 bits per heavy atom. The Morgan fingerprint density at radius 1 is 1.37 bits per heavy atom. The summed E-state index contributed by atoms with van der Waals surface area (Å²) in [5.41, 5.74) is 0.711. The van der Waals surface area contributed by atoms with Crippen LogP contribution >= 0.6 is 0 Å². The van der Waals surface area contributed by atoms with Crippen molar-refractivity contribution in [2.45, 2.75) is 18.0 Å². The van der Waals surface area contributed by atoms with Crippen molar-refractivity contribution in [3.05, 3.63) is 35.9 Å². The third-order valence-electron chi connectivity index (χ3n) is 3.43. The maximum Gasteiger partial charge on any atom is 0.336 e. The number of carboxylic acids is 1. The molecule has 0 spiro atoms. The summed E-state index contributed by atoms with van der Waals surface area (Å²) in [5.74, 6) is -2.74. The largest absolute Gasteiger partial charge is 0.479 e. The van der Waals surface area contributed by atoms with Gasteiger partial charge in [-0.1, -0.05) is 30.3 Å². The summed E-state index contributed by atoms with van der Waals surface area (Å²) in [5, 5.41) is 9.15. The smallest absolute Gasteiger partial charge is 0.336 e. The van der Waals surface area contributed by atoms with E-state index in [0.717, 1.165) is 0 Å². The molecule has 1 aromatic carbocycles. The van der Waals surface area contributed by atoms with Gasteiger partial charge in [0.1, 0.15) is 0 Å². The Balaban J connectivity index is 2.04. The van der Waals surface area contributed by atoms with Gasteiger partial charge in [0.2, 0.25) is 5.79 Å². The molecule has 100 valence electrons. The molecule has 3 rings (SSSR count). The molecule has 0 saturated carbocycles. The lowest BCUT2D eigenvalue weighted by atomic mass is 10.0. The lowest BCUT2D eigenvalue weighted by Crippen LogP contribution is -2.52. The molecule has 2 fully saturated rings. The number of nitrogens with zero attached hydrogens (tertiary/aromatic N) is 1. The first-order valence-electron chi connectivity index (χ1n) is 5.92. The number of benzene rings is 1. The molecule has 2 aliphatic heterocycles. The Morgan fingerprint density at radius 2 is 2.05 bits per heavy atom. The van der Waals surface area contributed by atoms with E-state index in [1.165, 1.54) is 4.90 Å². The molecule has 3 unspecified atom stereocenters. The lowest BCUT2D eigenvalue weighted by Gasteiger charge is -2.36. The zero-order chi connectivity index (χ0) is 13.6. The summed E-state index contributed by atoms with van der Waals surface area (Å²) in [7, 11) is 1.61. The predicted molar refractivity (Wildman–Crippen MR) is 63.1 cm³/mol. The number of fused-ring (bicyclic) bond motifs is 2. The number of hydrogen-bond acceptors (Lipinski definition) is 4. The molecule has 2 heterocycles. The second-order valence-electron chi connectivity index (χ2n) is 4.73. The van der Waals surface area contributed by atoms with Crippen molar-refractivity contribution in [3.63, 3.8) is 0 Å². The summed E-state index contributed by atoms with van der Waals surface area (Å²) in [6, 6.07) is 9.07. The zero-order valence-corrected chi connectivity index (χ0v) is 10.3. The summed E-state index contributed by atoms with van der Waals surface area (Å²) in [6.07, 6.45) is -2.35. The van der Waals surface area contributed by atoms with E-state index < -0.39 is 24.0 Å². The van der Waals surface area contributed by atoms with E-state index >= 15 is 0 Å². The van der Waals surface area contributed by atoms with Crippen LogP contribution in [0.5, 0.6) is 0 Å². The van der Waals surface area contributed by atoms with Crippen LogP contribution < -0.4 is 0 Å². The first-order valence-corrected chi connectivity index (χ1v) is 5.92. The number of rotatable bonds is 2. The van der Waals surface area contributed by atoms with Gasteiger partial charge >= 0.3 is 5.97 Å². The second-order valence-corrected chi connectivity index (χ2v) is 4.73. The summed E-state index contributed by atoms with van der Waals surface area (Å²) >= 11 is 0. The number of ether oxygens (including phenoxy) is 2. The fourth-order valence-electron chi connectivity index (χ4n) is 2.52. The normalized spacial score (nSPS) is 33.5. The lowest BCUT2D eigenvalue weighted by molar-refractivity contribution is -0.216. The highest BCUT2D eigenvalue weighted by Gasteiger charge is 2.59. The highest BCUT2D eigenvalue weighted by Crippen LogP contribution is 2.42. The van der Waals surface area contributed by atoms with Gasteiger partial charge in [0.15, 0.2) is 12.2 Å². The van der Waals surface area contributed by atoms with Crippen LogP contribution in [-0.4, -0.2) is 47.7 Å². The molecule has 0 aromatic heterocycles. The molecule has 0 radical (unpaired) electrons. The van der Waals surface area contributed by atoms with Gasteiger partial charge in [0.25, 0.3) is 5.91 Å².